The Morgan fingerprint density at radius 3 is 2.62 bits per heavy atom. The van der Waals surface area contributed by atoms with Gasteiger partial charge in [-0.25, -0.2) is 4.90 Å². The quantitative estimate of drug-likeness (QED) is 0.668. The number of nitrogens with zero attached hydrogens (tertiary/aromatic N) is 1. The van der Waals surface area contributed by atoms with E-state index in [2.05, 4.69) is 5.32 Å². The molecule has 152 valence electrons. The number of nitrogens with one attached hydrogen (secondary N) is 1. The zero-order valence-electron chi connectivity index (χ0n) is 16.1. The number of hydrogen-bond acceptors (Lipinski definition) is 5. The molecule has 0 saturated carbocycles. The van der Waals surface area contributed by atoms with Crippen LogP contribution in [0.5, 0.6) is 5.75 Å². The van der Waals surface area contributed by atoms with Gasteiger partial charge in [-0.15, -0.1) is 11.8 Å². The molecule has 0 aromatic heterocycles. The third-order valence-electron chi connectivity index (χ3n) is 4.54. The first-order valence-corrected chi connectivity index (χ1v) is 10.5. The van der Waals surface area contributed by atoms with E-state index in [1.807, 2.05) is 13.0 Å². The largest absolute Gasteiger partial charge is 0.497 e. The molecule has 1 aliphatic heterocycles. The van der Waals surface area contributed by atoms with Crippen LogP contribution in [0.3, 0.4) is 0 Å². The van der Waals surface area contributed by atoms with Crippen molar-refractivity contribution in [3.63, 3.8) is 0 Å². The van der Waals surface area contributed by atoms with Crippen LogP contribution < -0.4 is 15.0 Å². The summed E-state index contributed by atoms with van der Waals surface area (Å²) < 4.78 is 5.10. The number of hydrogen-bond donors (Lipinski definition) is 1. The SMILES string of the molecule is COc1ccc(N2C(=O)C[C@H](SCCC(=O)Nc3ccc(C)c(Cl)c3)C2=O)cc1. The molecule has 0 radical (unpaired) electrons. The molecule has 1 N–H and O–H groups in total. The molecule has 0 bridgehead atoms. The molecule has 1 saturated heterocycles. The number of anilines is 2. The van der Waals surface area contributed by atoms with E-state index in [0.717, 1.165) is 5.56 Å². The van der Waals surface area contributed by atoms with E-state index in [4.69, 9.17) is 16.3 Å². The van der Waals surface area contributed by atoms with Crippen LogP contribution in [0, 0.1) is 6.92 Å². The van der Waals surface area contributed by atoms with Crippen molar-refractivity contribution in [3.8, 4) is 5.75 Å². The average Bonchev–Trinajstić information content (AvgIpc) is 2.98. The zero-order valence-corrected chi connectivity index (χ0v) is 17.7. The van der Waals surface area contributed by atoms with Crippen molar-refractivity contribution in [1.82, 2.24) is 0 Å². The van der Waals surface area contributed by atoms with E-state index < -0.39 is 5.25 Å². The number of imide groups is 1. The van der Waals surface area contributed by atoms with Crippen LogP contribution in [0.2, 0.25) is 5.02 Å². The summed E-state index contributed by atoms with van der Waals surface area (Å²) in [5.74, 6) is 0.430. The lowest BCUT2D eigenvalue weighted by molar-refractivity contribution is -0.121. The third kappa shape index (κ3) is 5.10. The number of rotatable bonds is 7. The molecule has 1 fully saturated rings. The Labute approximate surface area is 178 Å². The lowest BCUT2D eigenvalue weighted by Crippen LogP contribution is -2.31. The first-order chi connectivity index (χ1) is 13.9. The molecule has 1 aliphatic rings. The number of carbonyl (C=O) groups excluding carboxylic acids is 3. The van der Waals surface area contributed by atoms with Gasteiger partial charge in [0.25, 0.3) is 0 Å². The molecule has 2 aromatic carbocycles. The van der Waals surface area contributed by atoms with Crippen LogP contribution in [0.25, 0.3) is 0 Å². The minimum absolute atomic E-state index is 0.130. The second kappa shape index (κ2) is 9.33. The Kier molecular flexibility index (Phi) is 6.82. The summed E-state index contributed by atoms with van der Waals surface area (Å²) in [4.78, 5) is 38.3. The third-order valence-corrected chi connectivity index (χ3v) is 6.16. The van der Waals surface area contributed by atoms with Gasteiger partial charge in [-0.1, -0.05) is 17.7 Å². The molecule has 1 heterocycles. The second-order valence-corrected chi connectivity index (χ2v) is 8.31. The first kappa shape index (κ1) is 21.2. The van der Waals surface area contributed by atoms with E-state index in [0.29, 0.717) is 27.9 Å². The van der Waals surface area contributed by atoms with Gasteiger partial charge in [0.2, 0.25) is 17.7 Å². The highest BCUT2D eigenvalue weighted by atomic mass is 35.5. The minimum atomic E-state index is -0.480. The number of ether oxygens (including phenoxy) is 1. The van der Waals surface area contributed by atoms with E-state index in [9.17, 15) is 14.4 Å². The lowest BCUT2D eigenvalue weighted by Gasteiger charge is -2.15. The average molecular weight is 433 g/mol. The van der Waals surface area contributed by atoms with Crippen LogP contribution in [0.4, 0.5) is 11.4 Å². The Bertz CT molecular complexity index is 933. The van der Waals surface area contributed by atoms with Gasteiger partial charge in [-0.3, -0.25) is 14.4 Å². The van der Waals surface area contributed by atoms with Crippen molar-refractivity contribution in [2.45, 2.75) is 25.0 Å². The van der Waals surface area contributed by atoms with Crippen molar-refractivity contribution < 1.29 is 19.1 Å². The topological polar surface area (TPSA) is 75.7 Å². The molecule has 0 unspecified atom stereocenters. The van der Waals surface area contributed by atoms with Gasteiger partial charge >= 0.3 is 0 Å². The maximum Gasteiger partial charge on any atom is 0.247 e. The molecule has 29 heavy (non-hydrogen) atoms. The molecule has 2 aromatic rings. The van der Waals surface area contributed by atoms with Crippen LogP contribution in [0.1, 0.15) is 18.4 Å². The highest BCUT2D eigenvalue weighted by Gasteiger charge is 2.39. The molecule has 0 spiro atoms. The van der Waals surface area contributed by atoms with Crippen molar-refractivity contribution in [1.29, 1.82) is 0 Å². The summed E-state index contributed by atoms with van der Waals surface area (Å²) in [6.45, 7) is 1.89. The molecular formula is C21H21ClN2O4S. The number of methoxy groups -OCH3 is 1. The molecule has 3 rings (SSSR count). The van der Waals surface area contributed by atoms with E-state index in [1.165, 1.54) is 16.7 Å². The Hall–Kier alpha value is -2.51. The summed E-state index contributed by atoms with van der Waals surface area (Å²) in [6.07, 6.45) is 0.362. The minimum Gasteiger partial charge on any atom is -0.497 e. The maximum atomic E-state index is 12.6. The van der Waals surface area contributed by atoms with E-state index >= 15 is 0 Å². The van der Waals surface area contributed by atoms with Gasteiger partial charge < -0.3 is 10.1 Å². The number of halogens is 1. The number of aryl methyl sites for hydroxylation is 1. The van der Waals surface area contributed by atoms with Crippen LogP contribution >= 0.6 is 23.4 Å². The number of carbonyl (C=O) groups is 3. The van der Waals surface area contributed by atoms with Crippen molar-refractivity contribution in [2.75, 3.05) is 23.1 Å². The monoisotopic (exact) mass is 432 g/mol. The fourth-order valence-corrected chi connectivity index (χ4v) is 4.20. The van der Waals surface area contributed by atoms with Crippen molar-refractivity contribution >= 4 is 52.5 Å². The van der Waals surface area contributed by atoms with Gasteiger partial charge in [0, 0.05) is 29.3 Å². The molecular weight excluding hydrogens is 412 g/mol. The molecule has 0 aliphatic carbocycles. The standard InChI is InChI=1S/C21H21ClN2O4S/c1-13-3-4-14(11-17(13)22)23-19(25)9-10-29-18-12-20(26)24(21(18)27)15-5-7-16(28-2)8-6-15/h3-8,11,18H,9-10,12H2,1-2H3,(H,23,25)/t18-/m0/s1. The fourth-order valence-electron chi connectivity index (χ4n) is 2.92. The Morgan fingerprint density at radius 2 is 1.97 bits per heavy atom. The zero-order chi connectivity index (χ0) is 21.0. The number of thioether (sulfide) groups is 1. The summed E-state index contributed by atoms with van der Waals surface area (Å²) in [6, 6.07) is 12.1. The predicted molar refractivity (Wildman–Crippen MR) is 116 cm³/mol. The van der Waals surface area contributed by atoms with Gasteiger partial charge in [-0.05, 0) is 48.9 Å². The van der Waals surface area contributed by atoms with E-state index in [1.54, 1.807) is 43.5 Å². The summed E-state index contributed by atoms with van der Waals surface area (Å²) in [5, 5.41) is 2.90. The molecule has 3 amide bonds. The van der Waals surface area contributed by atoms with Gasteiger partial charge in [0.15, 0.2) is 0 Å². The van der Waals surface area contributed by atoms with Crippen LogP contribution in [-0.4, -0.2) is 35.8 Å². The summed E-state index contributed by atoms with van der Waals surface area (Å²) in [5.41, 5.74) is 2.09. The molecule has 8 heteroatoms. The summed E-state index contributed by atoms with van der Waals surface area (Å²) in [7, 11) is 1.55. The highest BCUT2D eigenvalue weighted by Crippen LogP contribution is 2.31. The van der Waals surface area contributed by atoms with Crippen molar-refractivity contribution in [2.24, 2.45) is 0 Å². The normalized spacial score (nSPS) is 16.2. The van der Waals surface area contributed by atoms with E-state index in [-0.39, 0.29) is 30.6 Å². The highest BCUT2D eigenvalue weighted by molar-refractivity contribution is 8.00. The smallest absolute Gasteiger partial charge is 0.247 e. The second-order valence-electron chi connectivity index (χ2n) is 6.59. The van der Waals surface area contributed by atoms with Crippen LogP contribution in [-0.2, 0) is 14.4 Å². The maximum absolute atomic E-state index is 12.6. The molecule has 1 atom stereocenters. The Morgan fingerprint density at radius 1 is 1.24 bits per heavy atom. The van der Waals surface area contributed by atoms with Crippen LogP contribution in [0.15, 0.2) is 42.5 Å². The Balaban J connectivity index is 1.51. The lowest BCUT2D eigenvalue weighted by atomic mass is 10.2. The number of benzene rings is 2. The fraction of sp³-hybridized carbons (Fsp3) is 0.286. The summed E-state index contributed by atoms with van der Waals surface area (Å²) >= 11 is 7.38. The first-order valence-electron chi connectivity index (χ1n) is 9.07. The van der Waals surface area contributed by atoms with Gasteiger partial charge in [0.1, 0.15) is 5.75 Å². The molecule has 6 nitrogen and oxygen atoms in total. The van der Waals surface area contributed by atoms with Crippen molar-refractivity contribution in [3.05, 3.63) is 53.1 Å². The van der Waals surface area contributed by atoms with Gasteiger partial charge in [0.05, 0.1) is 18.0 Å². The van der Waals surface area contributed by atoms with Gasteiger partial charge in [-0.2, -0.15) is 0 Å². The predicted octanol–water partition coefficient (Wildman–Crippen LogP) is 4.05. The number of amides is 3.